The smallest absolute Gasteiger partial charge is 0.306 e. The number of fused-ring (bicyclic) bond motifs is 1. The normalized spacial score (nSPS) is 16.1. The molecule has 2 N–H and O–H groups in total. The zero-order valence-electron chi connectivity index (χ0n) is 12.1. The van der Waals surface area contributed by atoms with Gasteiger partial charge in [-0.15, -0.1) is 0 Å². The van der Waals surface area contributed by atoms with Crippen molar-refractivity contribution in [2.75, 3.05) is 13.1 Å². The van der Waals surface area contributed by atoms with Crippen molar-refractivity contribution in [2.24, 2.45) is 5.92 Å². The van der Waals surface area contributed by atoms with Crippen molar-refractivity contribution in [2.45, 2.75) is 19.8 Å². The van der Waals surface area contributed by atoms with Gasteiger partial charge in [0, 0.05) is 31.0 Å². The van der Waals surface area contributed by atoms with Gasteiger partial charge in [0.05, 0.1) is 5.92 Å². The average Bonchev–Trinajstić information content (AvgIpc) is 2.90. The molecular weight excluding hydrogens is 288 g/mol. The van der Waals surface area contributed by atoms with Crippen LogP contribution in [-0.2, 0) is 4.79 Å². The molecule has 116 valence electrons. The molecule has 2 aromatic heterocycles. The molecule has 1 amide bonds. The van der Waals surface area contributed by atoms with Crippen LogP contribution >= 0.6 is 0 Å². The van der Waals surface area contributed by atoms with Gasteiger partial charge in [0.2, 0.25) is 0 Å². The zero-order valence-corrected chi connectivity index (χ0v) is 12.1. The fraction of sp³-hybridized carbons (Fsp3) is 0.429. The van der Waals surface area contributed by atoms with Crippen molar-refractivity contribution in [1.29, 1.82) is 0 Å². The molecule has 0 aliphatic carbocycles. The van der Waals surface area contributed by atoms with E-state index in [0.717, 1.165) is 0 Å². The fourth-order valence-corrected chi connectivity index (χ4v) is 2.72. The van der Waals surface area contributed by atoms with Crippen molar-refractivity contribution in [3.05, 3.63) is 34.0 Å². The van der Waals surface area contributed by atoms with E-state index in [4.69, 9.17) is 5.11 Å². The number of likely N-dealkylation sites (tertiary alicyclic amines) is 1. The molecule has 1 fully saturated rings. The quantitative estimate of drug-likeness (QED) is 0.828. The lowest BCUT2D eigenvalue weighted by Gasteiger charge is -2.29. The number of carbonyl (C=O) groups excluding carboxylic acids is 1. The Morgan fingerprint density at radius 2 is 2.05 bits per heavy atom. The molecule has 8 heteroatoms. The molecule has 1 aliphatic rings. The van der Waals surface area contributed by atoms with Gasteiger partial charge in [-0.2, -0.15) is 5.10 Å². The van der Waals surface area contributed by atoms with E-state index in [1.165, 1.54) is 10.6 Å². The molecule has 0 bridgehead atoms. The predicted molar refractivity (Wildman–Crippen MR) is 76.8 cm³/mol. The highest BCUT2D eigenvalue weighted by Crippen LogP contribution is 2.19. The number of aliphatic carboxylic acids is 1. The highest BCUT2D eigenvalue weighted by atomic mass is 16.4. The monoisotopic (exact) mass is 304 g/mol. The summed E-state index contributed by atoms with van der Waals surface area (Å²) >= 11 is 0. The van der Waals surface area contributed by atoms with Gasteiger partial charge >= 0.3 is 5.97 Å². The molecule has 3 rings (SSSR count). The van der Waals surface area contributed by atoms with Crippen LogP contribution in [0.15, 0.2) is 17.1 Å². The van der Waals surface area contributed by atoms with Gasteiger partial charge in [-0.25, -0.2) is 4.52 Å². The van der Waals surface area contributed by atoms with Gasteiger partial charge in [-0.3, -0.25) is 14.4 Å². The molecule has 8 nitrogen and oxygen atoms in total. The molecule has 3 heterocycles. The lowest BCUT2D eigenvalue weighted by molar-refractivity contribution is -0.143. The van der Waals surface area contributed by atoms with Gasteiger partial charge in [0.15, 0.2) is 5.69 Å². The standard InChI is InChI=1S/C14H16N4O4/c1-8-7-18-11(12(19)15-8)6-10(16-18)13(20)17-4-2-9(3-5-17)14(21)22/h6-7,9H,2-5H2,1H3,(H,15,19)(H,21,22). The van der Waals surface area contributed by atoms with Crippen LogP contribution in [0.2, 0.25) is 0 Å². The van der Waals surface area contributed by atoms with Crippen LogP contribution in [0.25, 0.3) is 5.52 Å². The first-order valence-corrected chi connectivity index (χ1v) is 7.07. The number of carboxylic acids is 1. The Kier molecular flexibility index (Phi) is 3.44. The number of H-pyrrole nitrogens is 1. The van der Waals surface area contributed by atoms with Crippen LogP contribution in [0, 0.1) is 12.8 Å². The average molecular weight is 304 g/mol. The second-order valence-electron chi connectivity index (χ2n) is 5.53. The second-order valence-corrected chi connectivity index (χ2v) is 5.53. The Morgan fingerprint density at radius 3 is 2.68 bits per heavy atom. The summed E-state index contributed by atoms with van der Waals surface area (Å²) in [6, 6.07) is 1.46. The van der Waals surface area contributed by atoms with Gasteiger partial charge in [0.25, 0.3) is 11.5 Å². The third kappa shape index (κ3) is 2.47. The number of aryl methyl sites for hydroxylation is 1. The van der Waals surface area contributed by atoms with Crippen LogP contribution in [0.5, 0.6) is 0 Å². The van der Waals surface area contributed by atoms with E-state index in [1.807, 2.05) is 0 Å². The van der Waals surface area contributed by atoms with Crippen molar-refractivity contribution >= 4 is 17.4 Å². The fourth-order valence-electron chi connectivity index (χ4n) is 2.72. The summed E-state index contributed by atoms with van der Waals surface area (Å²) in [5.41, 5.74) is 0.872. The number of aromatic nitrogens is 3. The first kappa shape index (κ1) is 14.3. The van der Waals surface area contributed by atoms with E-state index in [1.54, 1.807) is 18.0 Å². The van der Waals surface area contributed by atoms with Crippen LogP contribution < -0.4 is 5.56 Å². The number of rotatable bonds is 2. The highest BCUT2D eigenvalue weighted by Gasteiger charge is 2.28. The summed E-state index contributed by atoms with van der Waals surface area (Å²) < 4.78 is 1.39. The van der Waals surface area contributed by atoms with E-state index in [2.05, 4.69) is 10.1 Å². The van der Waals surface area contributed by atoms with E-state index >= 15 is 0 Å². The molecule has 0 aromatic carbocycles. The number of amides is 1. The number of nitrogens with zero attached hydrogens (tertiary/aromatic N) is 3. The van der Waals surface area contributed by atoms with Crippen molar-refractivity contribution in [3.63, 3.8) is 0 Å². The summed E-state index contributed by atoms with van der Waals surface area (Å²) in [6.07, 6.45) is 2.52. The first-order valence-electron chi connectivity index (χ1n) is 7.07. The van der Waals surface area contributed by atoms with Crippen molar-refractivity contribution in [3.8, 4) is 0 Å². The van der Waals surface area contributed by atoms with Crippen LogP contribution in [0.1, 0.15) is 29.0 Å². The maximum atomic E-state index is 12.4. The summed E-state index contributed by atoms with van der Waals surface area (Å²) in [5.74, 6) is -1.48. The summed E-state index contributed by atoms with van der Waals surface area (Å²) in [5, 5.41) is 13.1. The molecule has 0 saturated carbocycles. The zero-order chi connectivity index (χ0) is 15.9. The van der Waals surface area contributed by atoms with E-state index in [-0.39, 0.29) is 17.2 Å². The number of carbonyl (C=O) groups is 2. The highest BCUT2D eigenvalue weighted by molar-refractivity contribution is 5.93. The lowest BCUT2D eigenvalue weighted by atomic mass is 9.97. The molecular formula is C14H16N4O4. The number of hydrogen-bond acceptors (Lipinski definition) is 4. The third-order valence-corrected chi connectivity index (χ3v) is 3.95. The van der Waals surface area contributed by atoms with Gasteiger partial charge < -0.3 is 15.0 Å². The molecule has 1 saturated heterocycles. The van der Waals surface area contributed by atoms with Crippen molar-refractivity contribution < 1.29 is 14.7 Å². The van der Waals surface area contributed by atoms with Crippen LogP contribution in [0.4, 0.5) is 0 Å². The Balaban J connectivity index is 1.83. The van der Waals surface area contributed by atoms with Gasteiger partial charge in [-0.05, 0) is 19.8 Å². The largest absolute Gasteiger partial charge is 0.481 e. The van der Waals surface area contributed by atoms with E-state index < -0.39 is 11.9 Å². The minimum atomic E-state index is -0.818. The van der Waals surface area contributed by atoms with E-state index in [0.29, 0.717) is 37.1 Å². The molecule has 2 aromatic rings. The van der Waals surface area contributed by atoms with Crippen LogP contribution in [-0.4, -0.2) is 49.6 Å². The van der Waals surface area contributed by atoms with E-state index in [9.17, 15) is 14.4 Å². The predicted octanol–water partition coefficient (Wildman–Crippen LogP) is 0.268. The number of carboxylic acid groups (broad SMARTS) is 1. The number of aromatic amines is 1. The minimum absolute atomic E-state index is 0.199. The maximum Gasteiger partial charge on any atom is 0.306 e. The Labute approximate surface area is 125 Å². The van der Waals surface area contributed by atoms with Gasteiger partial charge in [0.1, 0.15) is 5.52 Å². The SMILES string of the molecule is Cc1cn2nc(C(=O)N3CCC(C(=O)O)CC3)cc2c(=O)[nH]1. The summed E-state index contributed by atoms with van der Waals surface area (Å²) in [4.78, 5) is 39.4. The Hall–Kier alpha value is -2.64. The van der Waals surface area contributed by atoms with Gasteiger partial charge in [-0.1, -0.05) is 0 Å². The molecule has 1 aliphatic heterocycles. The number of piperidine rings is 1. The van der Waals surface area contributed by atoms with Crippen LogP contribution in [0.3, 0.4) is 0 Å². The lowest BCUT2D eigenvalue weighted by Crippen LogP contribution is -2.40. The summed E-state index contributed by atoms with van der Waals surface area (Å²) in [6.45, 7) is 2.51. The minimum Gasteiger partial charge on any atom is -0.481 e. The molecule has 0 unspecified atom stereocenters. The second kappa shape index (κ2) is 5.28. The number of nitrogens with one attached hydrogen (secondary N) is 1. The molecule has 0 spiro atoms. The first-order chi connectivity index (χ1) is 10.5. The Morgan fingerprint density at radius 1 is 1.36 bits per heavy atom. The van der Waals surface area contributed by atoms with Crippen molar-refractivity contribution in [1.82, 2.24) is 19.5 Å². The maximum absolute atomic E-state index is 12.4. The summed E-state index contributed by atoms with van der Waals surface area (Å²) in [7, 11) is 0. The Bertz CT molecular complexity index is 799. The molecule has 0 radical (unpaired) electrons. The molecule has 0 atom stereocenters. The number of hydrogen-bond donors (Lipinski definition) is 2. The third-order valence-electron chi connectivity index (χ3n) is 3.95. The molecule has 22 heavy (non-hydrogen) atoms. The topological polar surface area (TPSA) is 108 Å².